The van der Waals surface area contributed by atoms with E-state index in [0.717, 1.165) is 6.92 Å². The number of nitrogens with zero attached hydrogens (tertiary/aromatic N) is 1. The average molecular weight is 362 g/mol. The van der Waals surface area contributed by atoms with Gasteiger partial charge in [0.15, 0.2) is 6.04 Å². The van der Waals surface area contributed by atoms with Gasteiger partial charge in [-0.05, 0) is 23.3 Å². The van der Waals surface area contributed by atoms with E-state index in [1.807, 2.05) is 0 Å². The highest BCUT2D eigenvalue weighted by molar-refractivity contribution is 7.76. The van der Waals surface area contributed by atoms with E-state index < -0.39 is 35.9 Å². The normalized spacial score (nSPS) is 23.0. The summed E-state index contributed by atoms with van der Waals surface area (Å²) < 4.78 is 62.0. The Bertz CT molecular complexity index is 651. The first kappa shape index (κ1) is 19.9. The summed E-state index contributed by atoms with van der Waals surface area (Å²) in [4.78, 5) is 11.0. The van der Waals surface area contributed by atoms with Crippen molar-refractivity contribution < 1.29 is 26.7 Å². The van der Waals surface area contributed by atoms with Crippen molar-refractivity contribution in [1.82, 2.24) is 9.62 Å². The second-order valence-corrected chi connectivity index (χ2v) is 5.63. The number of allylic oxidation sites excluding steroid dienone is 5. The van der Waals surface area contributed by atoms with E-state index in [1.54, 1.807) is 0 Å². The van der Waals surface area contributed by atoms with E-state index in [2.05, 4.69) is 18.5 Å². The van der Waals surface area contributed by atoms with Crippen LogP contribution in [0.1, 0.15) is 6.92 Å². The van der Waals surface area contributed by atoms with Crippen LogP contribution in [0.15, 0.2) is 60.4 Å². The molecule has 0 spiro atoms. The Balaban J connectivity index is 3.60. The number of halogens is 3. The van der Waals surface area contributed by atoms with Crippen molar-refractivity contribution >= 4 is 17.2 Å². The third-order valence-corrected chi connectivity index (χ3v) is 3.80. The summed E-state index contributed by atoms with van der Waals surface area (Å²) in [7, 11) is 0. The van der Waals surface area contributed by atoms with Gasteiger partial charge in [-0.25, -0.2) is 4.21 Å². The lowest BCUT2D eigenvalue weighted by atomic mass is 9.95. The maximum absolute atomic E-state index is 13.5. The van der Waals surface area contributed by atoms with Crippen LogP contribution in [-0.2, 0) is 16.1 Å². The summed E-state index contributed by atoms with van der Waals surface area (Å²) in [5.74, 6) is -0.518. The van der Waals surface area contributed by atoms with Crippen LogP contribution in [0.5, 0.6) is 0 Å². The average Bonchev–Trinajstić information content (AvgIpc) is 2.45. The van der Waals surface area contributed by atoms with Crippen molar-refractivity contribution in [3.8, 4) is 0 Å². The molecule has 0 saturated heterocycles. The molecule has 1 rings (SSSR count). The number of carbonyl (C=O) groups is 1. The monoisotopic (exact) mass is 362 g/mol. The van der Waals surface area contributed by atoms with Crippen molar-refractivity contribution in [3.05, 3.63) is 60.4 Å². The summed E-state index contributed by atoms with van der Waals surface area (Å²) >= 11 is -2.95. The van der Waals surface area contributed by atoms with Crippen molar-refractivity contribution in [2.45, 2.75) is 19.1 Å². The second kappa shape index (κ2) is 8.11. The number of carbonyl (C=O) groups excluding carboxylic acids is 1. The second-order valence-electron chi connectivity index (χ2n) is 4.77. The van der Waals surface area contributed by atoms with Crippen LogP contribution in [0, 0.1) is 0 Å². The molecule has 2 N–H and O–H groups in total. The number of alkyl halides is 3. The van der Waals surface area contributed by atoms with Gasteiger partial charge in [-0.2, -0.15) is 13.2 Å². The van der Waals surface area contributed by atoms with Gasteiger partial charge in [0, 0.05) is 13.5 Å². The number of hydrogen-bond acceptors (Lipinski definition) is 2. The summed E-state index contributed by atoms with van der Waals surface area (Å²) in [6, 6.07) is -2.36. The Kier molecular flexibility index (Phi) is 6.73. The summed E-state index contributed by atoms with van der Waals surface area (Å²) in [6.07, 6.45) is 1.54. The molecule has 0 aromatic rings. The fourth-order valence-electron chi connectivity index (χ4n) is 2.20. The maximum Gasteiger partial charge on any atom is 0.413 e. The zero-order chi connectivity index (χ0) is 18.5. The third-order valence-electron chi connectivity index (χ3n) is 3.05. The minimum Gasteiger partial charge on any atom is -0.353 e. The molecule has 24 heavy (non-hydrogen) atoms. The Morgan fingerprint density at radius 2 is 2.00 bits per heavy atom. The van der Waals surface area contributed by atoms with Crippen LogP contribution < -0.4 is 5.32 Å². The first-order valence-corrected chi connectivity index (χ1v) is 7.77. The Morgan fingerprint density at radius 3 is 2.42 bits per heavy atom. The molecule has 1 aliphatic rings. The quantitative estimate of drug-likeness (QED) is 0.739. The van der Waals surface area contributed by atoms with Gasteiger partial charge < -0.3 is 5.32 Å². The fraction of sp³-hybridized carbons (Fsp3) is 0.267. The highest BCUT2D eigenvalue weighted by Crippen LogP contribution is 2.39. The minimum absolute atomic E-state index is 0.125. The molecule has 132 valence electrons. The Morgan fingerprint density at radius 1 is 1.42 bits per heavy atom. The molecule has 0 aromatic carbocycles. The summed E-state index contributed by atoms with van der Waals surface area (Å²) in [6.45, 7) is 7.64. The van der Waals surface area contributed by atoms with E-state index in [-0.39, 0.29) is 16.8 Å². The molecule has 0 saturated carbocycles. The van der Waals surface area contributed by atoms with Gasteiger partial charge in [-0.1, -0.05) is 31.4 Å². The summed E-state index contributed by atoms with van der Waals surface area (Å²) in [5.41, 5.74) is -0.151. The van der Waals surface area contributed by atoms with Crippen molar-refractivity contribution in [2.75, 3.05) is 6.54 Å². The molecule has 1 unspecified atom stereocenters. The molecule has 2 atom stereocenters. The van der Waals surface area contributed by atoms with Crippen molar-refractivity contribution in [1.29, 1.82) is 0 Å². The molecule has 1 amide bonds. The first-order valence-electron chi connectivity index (χ1n) is 6.71. The van der Waals surface area contributed by atoms with Gasteiger partial charge in [-0.3, -0.25) is 13.7 Å². The molecule has 5 nitrogen and oxygen atoms in total. The Hall–Kier alpha value is -2.13. The van der Waals surface area contributed by atoms with Gasteiger partial charge in [-0.15, -0.1) is 0 Å². The molecule has 0 fully saturated rings. The van der Waals surface area contributed by atoms with Crippen LogP contribution in [0.25, 0.3) is 0 Å². The number of amides is 1. The van der Waals surface area contributed by atoms with E-state index in [4.69, 9.17) is 0 Å². The zero-order valence-electron chi connectivity index (χ0n) is 12.8. The van der Waals surface area contributed by atoms with E-state index in [1.165, 1.54) is 30.4 Å². The van der Waals surface area contributed by atoms with Crippen molar-refractivity contribution in [3.63, 3.8) is 0 Å². The van der Waals surface area contributed by atoms with Crippen LogP contribution in [0.3, 0.4) is 0 Å². The lowest BCUT2D eigenvalue weighted by Crippen LogP contribution is -2.51. The molecule has 1 heterocycles. The smallest absolute Gasteiger partial charge is 0.353 e. The van der Waals surface area contributed by atoms with Gasteiger partial charge >= 0.3 is 6.18 Å². The van der Waals surface area contributed by atoms with Crippen LogP contribution in [-0.4, -0.2) is 37.7 Å². The largest absolute Gasteiger partial charge is 0.413 e. The predicted octanol–water partition coefficient (Wildman–Crippen LogP) is 2.61. The first-order chi connectivity index (χ1) is 11.1. The maximum atomic E-state index is 13.5. The van der Waals surface area contributed by atoms with Gasteiger partial charge in [0.2, 0.25) is 5.91 Å². The molecule has 0 aromatic heterocycles. The molecule has 0 bridgehead atoms. The highest BCUT2D eigenvalue weighted by atomic mass is 32.2. The molecule has 9 heteroatoms. The predicted molar refractivity (Wildman–Crippen MR) is 85.8 cm³/mol. The van der Waals surface area contributed by atoms with Gasteiger partial charge in [0.25, 0.3) is 11.3 Å². The third kappa shape index (κ3) is 4.68. The van der Waals surface area contributed by atoms with Gasteiger partial charge in [0.05, 0.1) is 5.70 Å². The van der Waals surface area contributed by atoms with Crippen LogP contribution >= 0.6 is 0 Å². The SMILES string of the molecule is C=C/C=C1/C=C(CNC(C)=O)[C@@H](C(F)(F)F)N(S(=O)O)/C1=C/C=C. The lowest BCUT2D eigenvalue weighted by Gasteiger charge is -2.38. The molecular formula is C15H17F3N2O3S. The zero-order valence-corrected chi connectivity index (χ0v) is 13.7. The number of rotatable bonds is 5. The standard InChI is InChI=1S/C15H17F3N2O3S/c1-4-6-11-8-12(9-19-10(3)21)14(15(16,17)18)20(24(22)23)13(11)7-5-2/h4-8,14H,1-2,9H2,3H3,(H,19,21)(H,22,23)/b11-6-,13-7+/t14-/m0/s1. The van der Waals surface area contributed by atoms with E-state index >= 15 is 0 Å². The number of nitrogens with one attached hydrogen (secondary N) is 1. The van der Waals surface area contributed by atoms with Crippen molar-refractivity contribution in [2.24, 2.45) is 0 Å². The topological polar surface area (TPSA) is 69.6 Å². The molecule has 1 aliphatic heterocycles. The van der Waals surface area contributed by atoms with Crippen LogP contribution in [0.2, 0.25) is 0 Å². The minimum atomic E-state index is -4.83. The van der Waals surface area contributed by atoms with Gasteiger partial charge in [0.1, 0.15) is 0 Å². The molecule has 0 aliphatic carbocycles. The van der Waals surface area contributed by atoms with E-state index in [9.17, 15) is 26.7 Å². The Labute approximate surface area is 140 Å². The highest BCUT2D eigenvalue weighted by Gasteiger charge is 2.50. The molecular weight excluding hydrogens is 345 g/mol. The number of hydrogen-bond donors (Lipinski definition) is 2. The fourth-order valence-corrected chi connectivity index (χ4v) is 2.97. The summed E-state index contributed by atoms with van der Waals surface area (Å²) in [5, 5.41) is 2.28. The van der Waals surface area contributed by atoms with E-state index in [0.29, 0.717) is 4.31 Å². The molecule has 0 radical (unpaired) electrons. The lowest BCUT2D eigenvalue weighted by molar-refractivity contribution is -0.159. The van der Waals surface area contributed by atoms with Crippen LogP contribution in [0.4, 0.5) is 13.2 Å².